The van der Waals surface area contributed by atoms with Gasteiger partial charge >= 0.3 is 11.9 Å². The summed E-state index contributed by atoms with van der Waals surface area (Å²) in [6.07, 6.45) is 1.06. The minimum absolute atomic E-state index is 0.0211. The van der Waals surface area contributed by atoms with Gasteiger partial charge in [0, 0.05) is 25.4 Å². The fourth-order valence-corrected chi connectivity index (χ4v) is 1.45. The Bertz CT molecular complexity index is 467. The van der Waals surface area contributed by atoms with Crippen molar-refractivity contribution < 1.29 is 19.1 Å². The van der Waals surface area contributed by atoms with Crippen LogP contribution in [-0.2, 0) is 14.3 Å². The van der Waals surface area contributed by atoms with Crippen molar-refractivity contribution in [1.29, 1.82) is 0 Å². The van der Waals surface area contributed by atoms with Crippen LogP contribution in [0.15, 0.2) is 36.9 Å². The number of hydrogen-bond donors (Lipinski definition) is 0. The summed E-state index contributed by atoms with van der Waals surface area (Å²) in [7, 11) is 1.97. The molecular weight excluding hydrogens is 258 g/mol. The lowest BCUT2D eigenvalue weighted by Gasteiger charge is -2.16. The molecule has 0 aliphatic rings. The van der Waals surface area contributed by atoms with Crippen molar-refractivity contribution >= 4 is 17.6 Å². The summed E-state index contributed by atoms with van der Waals surface area (Å²) >= 11 is 0. The summed E-state index contributed by atoms with van der Waals surface area (Å²) in [6, 6.07) is 7.13. The molecule has 0 saturated carbocycles. The molecule has 0 fully saturated rings. The van der Waals surface area contributed by atoms with Gasteiger partial charge in [0.1, 0.15) is 13.2 Å². The van der Waals surface area contributed by atoms with E-state index in [2.05, 4.69) is 11.5 Å². The van der Waals surface area contributed by atoms with Crippen LogP contribution in [0.4, 0.5) is 5.69 Å². The first-order valence-electron chi connectivity index (χ1n) is 6.36. The molecule has 0 radical (unpaired) electrons. The highest BCUT2D eigenvalue weighted by Gasteiger charge is 2.08. The Kier molecular flexibility index (Phi) is 6.29. The van der Waals surface area contributed by atoms with E-state index < -0.39 is 11.9 Å². The normalized spacial score (nSPS) is 9.70. The Morgan fingerprint density at radius 1 is 1.20 bits per heavy atom. The third-order valence-electron chi connectivity index (χ3n) is 2.75. The van der Waals surface area contributed by atoms with Gasteiger partial charge in [0.05, 0.1) is 5.56 Å². The second-order valence-corrected chi connectivity index (χ2v) is 4.07. The predicted molar refractivity (Wildman–Crippen MR) is 76.8 cm³/mol. The van der Waals surface area contributed by atoms with E-state index in [1.165, 1.54) is 0 Å². The van der Waals surface area contributed by atoms with Crippen molar-refractivity contribution in [3.63, 3.8) is 0 Å². The summed E-state index contributed by atoms with van der Waals surface area (Å²) in [6.45, 7) is 6.24. The maximum atomic E-state index is 11.7. The minimum atomic E-state index is -0.534. The molecule has 5 heteroatoms. The van der Waals surface area contributed by atoms with Crippen molar-refractivity contribution in [2.75, 3.05) is 31.7 Å². The van der Waals surface area contributed by atoms with E-state index in [0.717, 1.165) is 18.3 Å². The van der Waals surface area contributed by atoms with Gasteiger partial charge in [-0.15, -0.1) is 0 Å². The molecule has 0 heterocycles. The van der Waals surface area contributed by atoms with Crippen LogP contribution in [0.3, 0.4) is 0 Å². The van der Waals surface area contributed by atoms with E-state index in [1.54, 1.807) is 12.1 Å². The lowest BCUT2D eigenvalue weighted by Crippen LogP contribution is -2.16. The fraction of sp³-hybridized carbons (Fsp3) is 0.333. The molecule has 108 valence electrons. The molecule has 20 heavy (non-hydrogen) atoms. The summed E-state index contributed by atoms with van der Waals surface area (Å²) < 4.78 is 9.69. The van der Waals surface area contributed by atoms with Crippen molar-refractivity contribution in [3.05, 3.63) is 42.5 Å². The lowest BCUT2D eigenvalue weighted by atomic mass is 10.2. The van der Waals surface area contributed by atoms with Crippen molar-refractivity contribution in [2.45, 2.75) is 6.92 Å². The molecule has 0 saturated heterocycles. The van der Waals surface area contributed by atoms with Crippen molar-refractivity contribution in [2.24, 2.45) is 0 Å². The van der Waals surface area contributed by atoms with Gasteiger partial charge in [-0.3, -0.25) is 0 Å². The van der Waals surface area contributed by atoms with Gasteiger partial charge in [0.25, 0.3) is 0 Å². The van der Waals surface area contributed by atoms with Crippen LogP contribution in [0.25, 0.3) is 0 Å². The van der Waals surface area contributed by atoms with Crippen LogP contribution in [0.1, 0.15) is 17.3 Å². The molecule has 0 aliphatic heterocycles. The zero-order chi connectivity index (χ0) is 15.0. The number of hydrogen-bond acceptors (Lipinski definition) is 5. The Labute approximate surface area is 118 Å². The molecule has 0 spiro atoms. The zero-order valence-electron chi connectivity index (χ0n) is 11.8. The van der Waals surface area contributed by atoms with Crippen molar-refractivity contribution in [3.8, 4) is 0 Å². The van der Waals surface area contributed by atoms with Crippen molar-refractivity contribution in [1.82, 2.24) is 0 Å². The third-order valence-corrected chi connectivity index (χ3v) is 2.75. The van der Waals surface area contributed by atoms with E-state index in [1.807, 2.05) is 26.1 Å². The highest BCUT2D eigenvalue weighted by atomic mass is 16.6. The van der Waals surface area contributed by atoms with Crippen LogP contribution in [0, 0.1) is 0 Å². The summed E-state index contributed by atoms with van der Waals surface area (Å²) in [5, 5.41) is 0. The monoisotopic (exact) mass is 277 g/mol. The maximum Gasteiger partial charge on any atom is 0.338 e. The zero-order valence-corrected chi connectivity index (χ0v) is 11.8. The van der Waals surface area contributed by atoms with E-state index in [9.17, 15) is 9.59 Å². The Morgan fingerprint density at radius 2 is 1.80 bits per heavy atom. The molecule has 1 aromatic rings. The van der Waals surface area contributed by atoms with E-state index >= 15 is 0 Å². The summed E-state index contributed by atoms with van der Waals surface area (Å²) in [5.41, 5.74) is 1.50. The number of carbonyl (C=O) groups excluding carboxylic acids is 2. The molecular formula is C15H19NO4. The Morgan fingerprint density at radius 3 is 2.35 bits per heavy atom. The molecule has 1 aromatic carbocycles. The maximum absolute atomic E-state index is 11.7. The molecule has 0 atom stereocenters. The second-order valence-electron chi connectivity index (χ2n) is 4.07. The van der Waals surface area contributed by atoms with E-state index in [0.29, 0.717) is 5.56 Å². The first-order valence-corrected chi connectivity index (χ1v) is 6.36. The number of anilines is 1. The number of ether oxygens (including phenoxy) is 2. The molecule has 1 rings (SSSR count). The van der Waals surface area contributed by atoms with Gasteiger partial charge in [-0.25, -0.2) is 9.59 Å². The van der Waals surface area contributed by atoms with Gasteiger partial charge in [-0.05, 0) is 31.2 Å². The molecule has 0 N–H and O–H groups in total. The molecule has 0 amide bonds. The first kappa shape index (κ1) is 15.8. The van der Waals surface area contributed by atoms with E-state index in [4.69, 9.17) is 9.47 Å². The summed E-state index contributed by atoms with van der Waals surface area (Å²) in [4.78, 5) is 24.5. The highest BCUT2D eigenvalue weighted by molar-refractivity contribution is 5.89. The fourth-order valence-electron chi connectivity index (χ4n) is 1.45. The van der Waals surface area contributed by atoms with Crippen LogP contribution >= 0.6 is 0 Å². The lowest BCUT2D eigenvalue weighted by molar-refractivity contribution is -0.138. The molecule has 0 aliphatic carbocycles. The van der Waals surface area contributed by atoms with Crippen LogP contribution in [0.2, 0.25) is 0 Å². The SMILES string of the molecule is C=CC(=O)OCCOC(=O)c1ccc(N(C)CC)cc1. The average Bonchev–Trinajstić information content (AvgIpc) is 2.50. The largest absolute Gasteiger partial charge is 0.459 e. The Hall–Kier alpha value is -2.30. The van der Waals surface area contributed by atoms with E-state index in [-0.39, 0.29) is 13.2 Å². The molecule has 0 unspecified atom stereocenters. The second kappa shape index (κ2) is 7.99. The predicted octanol–water partition coefficient (Wildman–Crippen LogP) is 2.03. The number of benzene rings is 1. The minimum Gasteiger partial charge on any atom is -0.459 e. The Balaban J connectivity index is 2.43. The van der Waals surface area contributed by atoms with Gasteiger partial charge < -0.3 is 14.4 Å². The molecule has 0 bridgehead atoms. The smallest absolute Gasteiger partial charge is 0.338 e. The average molecular weight is 277 g/mol. The number of nitrogens with zero attached hydrogens (tertiary/aromatic N) is 1. The van der Waals surface area contributed by atoms with Crippen LogP contribution in [-0.4, -0.2) is 38.7 Å². The van der Waals surface area contributed by atoms with Gasteiger partial charge in [0.15, 0.2) is 0 Å². The topological polar surface area (TPSA) is 55.8 Å². The number of carbonyl (C=O) groups is 2. The highest BCUT2D eigenvalue weighted by Crippen LogP contribution is 2.14. The standard InChI is InChI=1S/C15H19NO4/c1-4-14(17)19-10-11-20-15(18)12-6-8-13(9-7-12)16(3)5-2/h4,6-9H,1,5,10-11H2,2-3H3. The van der Waals surface area contributed by atoms with Gasteiger partial charge in [0.2, 0.25) is 0 Å². The van der Waals surface area contributed by atoms with Gasteiger partial charge in [-0.1, -0.05) is 6.58 Å². The number of esters is 2. The first-order chi connectivity index (χ1) is 9.58. The van der Waals surface area contributed by atoms with Crippen LogP contribution in [0.5, 0.6) is 0 Å². The number of rotatable bonds is 7. The van der Waals surface area contributed by atoms with Gasteiger partial charge in [-0.2, -0.15) is 0 Å². The van der Waals surface area contributed by atoms with Crippen LogP contribution < -0.4 is 4.90 Å². The summed E-state index contributed by atoms with van der Waals surface area (Å²) in [5.74, 6) is -0.974. The quantitative estimate of drug-likeness (QED) is 0.433. The molecule has 5 nitrogen and oxygen atoms in total. The molecule has 0 aromatic heterocycles. The third kappa shape index (κ3) is 4.76.